The van der Waals surface area contributed by atoms with Gasteiger partial charge in [0, 0.05) is 42.2 Å². The first-order valence-corrected chi connectivity index (χ1v) is 11.6. The minimum Gasteiger partial charge on any atom is -0.481 e. The monoisotopic (exact) mass is 537 g/mol. The SMILES string of the molecule is COc1ccc(C2=C3CN(c4nc5c(cc4F)c(=O)c(C(=O)O)cn5-c4ccc(F)cc4F)CC3ON2)cn1. The van der Waals surface area contributed by atoms with Crippen LogP contribution in [0.5, 0.6) is 5.88 Å². The van der Waals surface area contributed by atoms with Gasteiger partial charge in [-0.05, 0) is 24.3 Å². The lowest BCUT2D eigenvalue weighted by atomic mass is 10.1. The number of halogens is 3. The van der Waals surface area contributed by atoms with Crippen molar-refractivity contribution in [1.82, 2.24) is 20.0 Å². The fraction of sp³-hybridized carbons (Fsp3) is 0.154. The molecule has 4 aromatic rings. The maximum atomic E-state index is 15.4. The molecule has 0 amide bonds. The molecule has 1 atom stereocenters. The summed E-state index contributed by atoms with van der Waals surface area (Å²) in [6.45, 7) is 0.407. The predicted octanol–water partition coefficient (Wildman–Crippen LogP) is 3.04. The first kappa shape index (κ1) is 24.4. The number of carboxylic acids is 1. The van der Waals surface area contributed by atoms with Crippen LogP contribution in [0.3, 0.4) is 0 Å². The van der Waals surface area contributed by atoms with E-state index >= 15 is 4.39 Å². The van der Waals surface area contributed by atoms with Gasteiger partial charge >= 0.3 is 5.97 Å². The highest BCUT2D eigenvalue weighted by atomic mass is 19.1. The van der Waals surface area contributed by atoms with Crippen molar-refractivity contribution in [2.45, 2.75) is 6.10 Å². The third kappa shape index (κ3) is 4.03. The second-order valence-corrected chi connectivity index (χ2v) is 8.89. The number of hydrogen-bond acceptors (Lipinski definition) is 8. The minimum absolute atomic E-state index is 0.154. The largest absolute Gasteiger partial charge is 0.481 e. The zero-order chi connectivity index (χ0) is 27.4. The Labute approximate surface area is 217 Å². The Bertz CT molecular complexity index is 1760. The molecule has 1 fully saturated rings. The summed E-state index contributed by atoms with van der Waals surface area (Å²) in [5.74, 6) is -4.07. The summed E-state index contributed by atoms with van der Waals surface area (Å²) in [5, 5.41) is 9.15. The zero-order valence-electron chi connectivity index (χ0n) is 20.1. The van der Waals surface area contributed by atoms with E-state index in [0.717, 1.165) is 40.1 Å². The molecule has 0 aliphatic carbocycles. The van der Waals surface area contributed by atoms with Crippen LogP contribution >= 0.6 is 0 Å². The number of anilines is 1. The van der Waals surface area contributed by atoms with Gasteiger partial charge in [-0.25, -0.2) is 27.9 Å². The van der Waals surface area contributed by atoms with Crippen molar-refractivity contribution in [2.24, 2.45) is 0 Å². The Balaban J connectivity index is 1.47. The van der Waals surface area contributed by atoms with Gasteiger partial charge in [0.05, 0.1) is 30.4 Å². The smallest absolute Gasteiger partial charge is 0.341 e. The fourth-order valence-electron chi connectivity index (χ4n) is 4.73. The summed E-state index contributed by atoms with van der Waals surface area (Å²) in [5.41, 5.74) is 2.90. The summed E-state index contributed by atoms with van der Waals surface area (Å²) < 4.78 is 49.8. The number of pyridine rings is 3. The summed E-state index contributed by atoms with van der Waals surface area (Å²) >= 11 is 0. The van der Waals surface area contributed by atoms with Gasteiger partial charge in [0.1, 0.15) is 23.3 Å². The zero-order valence-corrected chi connectivity index (χ0v) is 20.1. The van der Waals surface area contributed by atoms with E-state index in [1.807, 2.05) is 0 Å². The van der Waals surface area contributed by atoms with Crippen molar-refractivity contribution in [3.8, 4) is 11.6 Å². The van der Waals surface area contributed by atoms with Crippen molar-refractivity contribution in [2.75, 3.05) is 25.1 Å². The number of aromatic nitrogens is 3. The Hall–Kier alpha value is -4.91. The number of ether oxygens (including phenoxy) is 1. The molecule has 0 radical (unpaired) electrons. The number of carboxylic acid groups (broad SMARTS) is 1. The van der Waals surface area contributed by atoms with Crippen molar-refractivity contribution in [3.05, 3.63) is 93.2 Å². The number of benzene rings is 1. The Morgan fingerprint density at radius 2 is 2.00 bits per heavy atom. The van der Waals surface area contributed by atoms with Gasteiger partial charge in [0.15, 0.2) is 17.3 Å². The van der Waals surface area contributed by atoms with Gasteiger partial charge in [-0.3, -0.25) is 19.7 Å². The molecule has 1 unspecified atom stereocenters. The summed E-state index contributed by atoms with van der Waals surface area (Å²) in [6, 6.07) is 7.01. The van der Waals surface area contributed by atoms with E-state index in [0.29, 0.717) is 17.6 Å². The van der Waals surface area contributed by atoms with Crippen LogP contribution in [0.2, 0.25) is 0 Å². The summed E-state index contributed by atoms with van der Waals surface area (Å²) in [6.07, 6.45) is 2.05. The number of carbonyl (C=O) groups is 1. The molecule has 0 saturated carbocycles. The molecule has 13 heteroatoms. The molecule has 2 aliphatic heterocycles. The average molecular weight is 537 g/mol. The van der Waals surface area contributed by atoms with Crippen molar-refractivity contribution in [3.63, 3.8) is 0 Å². The normalized spacial score (nSPS) is 16.5. The highest BCUT2D eigenvalue weighted by Crippen LogP contribution is 2.35. The Kier molecular flexibility index (Phi) is 5.72. The molecule has 1 saturated heterocycles. The quantitative estimate of drug-likeness (QED) is 0.396. The fourth-order valence-corrected chi connectivity index (χ4v) is 4.73. The average Bonchev–Trinajstić information content (AvgIpc) is 3.50. The predicted molar refractivity (Wildman–Crippen MR) is 132 cm³/mol. The number of hydroxylamine groups is 1. The van der Waals surface area contributed by atoms with Crippen LogP contribution in [-0.2, 0) is 4.84 Å². The minimum atomic E-state index is -1.59. The van der Waals surface area contributed by atoms with Gasteiger partial charge in [0.2, 0.25) is 11.3 Å². The number of rotatable bonds is 5. The van der Waals surface area contributed by atoms with Crippen molar-refractivity contribution >= 4 is 28.5 Å². The summed E-state index contributed by atoms with van der Waals surface area (Å²) in [4.78, 5) is 40.4. The first-order chi connectivity index (χ1) is 18.7. The van der Waals surface area contributed by atoms with Crippen LogP contribution in [0.1, 0.15) is 15.9 Å². The first-order valence-electron chi connectivity index (χ1n) is 11.6. The molecular formula is C26H18F3N5O5. The lowest BCUT2D eigenvalue weighted by Gasteiger charge is -2.20. The number of fused-ring (bicyclic) bond motifs is 2. The number of methoxy groups -OCH3 is 1. The molecule has 1 aromatic carbocycles. The van der Waals surface area contributed by atoms with Crippen LogP contribution in [0.4, 0.5) is 19.0 Å². The maximum absolute atomic E-state index is 15.4. The van der Waals surface area contributed by atoms with Gasteiger partial charge < -0.3 is 14.7 Å². The van der Waals surface area contributed by atoms with E-state index in [9.17, 15) is 23.5 Å². The van der Waals surface area contributed by atoms with Crippen LogP contribution < -0.4 is 20.5 Å². The van der Waals surface area contributed by atoms with Gasteiger partial charge in [-0.2, -0.15) is 0 Å². The van der Waals surface area contributed by atoms with E-state index in [1.54, 1.807) is 23.2 Å². The number of hydrogen-bond donors (Lipinski definition) is 2. The van der Waals surface area contributed by atoms with Crippen LogP contribution in [0, 0.1) is 17.5 Å². The molecule has 3 aromatic heterocycles. The lowest BCUT2D eigenvalue weighted by Crippen LogP contribution is -2.27. The lowest BCUT2D eigenvalue weighted by molar-refractivity contribution is 0.0578. The molecule has 0 bridgehead atoms. The molecule has 10 nitrogen and oxygen atoms in total. The van der Waals surface area contributed by atoms with Crippen LogP contribution in [0.25, 0.3) is 22.4 Å². The number of aromatic carboxylic acids is 1. The third-order valence-electron chi connectivity index (χ3n) is 6.61. The van der Waals surface area contributed by atoms with Crippen LogP contribution in [-0.4, -0.2) is 51.9 Å². The molecule has 198 valence electrons. The maximum Gasteiger partial charge on any atom is 0.341 e. The molecule has 2 N–H and O–H groups in total. The standard InChI is InChI=1S/C26H18F3N5O5/c1-38-21-5-2-12(8-30-21)22-15-9-33(11-20(15)39-32-22)25-18(29)7-14-23(35)16(26(36)37)10-34(24(14)31-25)19-4-3-13(27)6-17(19)28/h2-8,10,20,32H,9,11H2,1H3,(H,36,37). The molecule has 6 rings (SSSR count). The van der Waals surface area contributed by atoms with Gasteiger partial charge in [0.25, 0.3) is 0 Å². The van der Waals surface area contributed by atoms with Gasteiger partial charge in [-0.1, -0.05) is 0 Å². The van der Waals surface area contributed by atoms with Crippen molar-refractivity contribution in [1.29, 1.82) is 0 Å². The topological polar surface area (TPSA) is 119 Å². The van der Waals surface area contributed by atoms with E-state index in [4.69, 9.17) is 9.57 Å². The highest BCUT2D eigenvalue weighted by Gasteiger charge is 2.38. The second-order valence-electron chi connectivity index (χ2n) is 8.89. The molecule has 39 heavy (non-hydrogen) atoms. The molecular weight excluding hydrogens is 519 g/mol. The van der Waals surface area contributed by atoms with E-state index in [1.165, 1.54) is 7.11 Å². The molecule has 0 spiro atoms. The number of nitrogens with one attached hydrogen (secondary N) is 1. The molecule has 5 heterocycles. The van der Waals surface area contributed by atoms with Crippen LogP contribution in [0.15, 0.2) is 59.2 Å². The van der Waals surface area contributed by atoms with E-state index in [2.05, 4.69) is 15.4 Å². The molecule has 2 aliphatic rings. The van der Waals surface area contributed by atoms with Gasteiger partial charge in [-0.15, -0.1) is 0 Å². The Morgan fingerprint density at radius 3 is 2.69 bits per heavy atom. The van der Waals surface area contributed by atoms with E-state index in [-0.39, 0.29) is 35.6 Å². The highest BCUT2D eigenvalue weighted by molar-refractivity contribution is 5.92. The van der Waals surface area contributed by atoms with E-state index < -0.39 is 40.5 Å². The third-order valence-corrected chi connectivity index (χ3v) is 6.61. The van der Waals surface area contributed by atoms with Crippen molar-refractivity contribution < 1.29 is 32.6 Å². The Morgan fingerprint density at radius 1 is 1.18 bits per heavy atom. The number of nitrogens with zero attached hydrogens (tertiary/aromatic N) is 4. The summed E-state index contributed by atoms with van der Waals surface area (Å²) in [7, 11) is 1.50. The second kappa shape index (κ2) is 9.13.